The van der Waals surface area contributed by atoms with E-state index in [9.17, 15) is 38.4 Å². The van der Waals surface area contributed by atoms with Crippen molar-refractivity contribution in [1.82, 2.24) is 4.98 Å². The minimum absolute atomic E-state index is 0.0129. The van der Waals surface area contributed by atoms with Gasteiger partial charge in [-0.2, -0.15) is 0 Å². The predicted octanol–water partition coefficient (Wildman–Crippen LogP) is -2.23. The minimum atomic E-state index is -1.02. The molecule has 35 nitrogen and oxygen atoms in total. The van der Waals surface area contributed by atoms with Crippen molar-refractivity contribution in [3.05, 3.63) is 65.9 Å². The van der Waals surface area contributed by atoms with Gasteiger partial charge in [-0.05, 0) is 105 Å². The quantitative estimate of drug-likeness (QED) is 0.0199. The fourth-order valence-electron chi connectivity index (χ4n) is 6.03. The maximum absolute atomic E-state index is 10.6. The molecule has 0 aliphatic rings. The molecule has 38 N–H and O–H groups in total. The van der Waals surface area contributed by atoms with Crippen molar-refractivity contribution in [2.75, 3.05) is 19.6 Å². The van der Waals surface area contributed by atoms with E-state index in [-0.39, 0.29) is 36.0 Å². The SMILES string of the molecule is CC(C)C(N)C(=O)O.CC(C)CC(N)C(=O)O.CC(C)CC(N)C(=O)O.NC(Cc1c[nH]c2ccccc12)C(=O)O.NC(Cc1ccc(O)cc1)C(=O)O.NC(N)=NCCCC(N)C(=O)O.NC(N)=NCCCC(N)C(=O)O.NC(N)=NCCCC(N)C(=O)O. The second kappa shape index (κ2) is 52.0. The van der Waals surface area contributed by atoms with E-state index in [0.29, 0.717) is 89.3 Å². The average molecular weight is 1290 g/mol. The standard InChI is InChI=1S/C11H12N2O2.C9H11NO3.3C6H14N4O2.2C6H13NO2.C5H11NO2/c12-9(11(14)15)5-7-6-13-10-4-2-1-3-8(7)10;10-8(9(12)13)5-6-1-3-7(11)4-2-6;3*7-4(5(11)12)2-1-3-10-6(8)9;2*1-4(2)3-5(7)6(8)9;1-3(2)4(6)5(7)8/h1-4,6,9,13H,5,12H2,(H,14,15);1-4,8,11H,5,10H2,(H,12,13);3*4H,1-3,7H2,(H,11,12)(H4,8,9,10);2*4-5H,3,7H2,1-2H3,(H,8,9);3-4H,6H2,1-2H3,(H,7,8). The summed E-state index contributed by atoms with van der Waals surface area (Å²) in [6.45, 7) is 12.6. The highest BCUT2D eigenvalue weighted by Crippen LogP contribution is 2.19. The summed E-state index contributed by atoms with van der Waals surface area (Å²) in [6.07, 6.45) is 6.40. The summed E-state index contributed by atoms with van der Waals surface area (Å²) in [5.74, 6) is -6.82. The van der Waals surface area contributed by atoms with E-state index < -0.39 is 96.1 Å². The van der Waals surface area contributed by atoms with Crippen LogP contribution in [0.5, 0.6) is 5.75 Å². The summed E-state index contributed by atoms with van der Waals surface area (Å²) in [6, 6.07) is 7.78. The zero-order valence-electron chi connectivity index (χ0n) is 52.0. The van der Waals surface area contributed by atoms with E-state index in [4.69, 9.17) is 126 Å². The maximum Gasteiger partial charge on any atom is 0.320 e. The minimum Gasteiger partial charge on any atom is -0.508 e. The second-order valence-corrected chi connectivity index (χ2v) is 20.8. The molecule has 1 heterocycles. The number of aromatic hydroxyl groups is 1. The summed E-state index contributed by atoms with van der Waals surface area (Å²) >= 11 is 0. The van der Waals surface area contributed by atoms with E-state index in [1.54, 1.807) is 26.0 Å². The van der Waals surface area contributed by atoms with Crippen LogP contribution >= 0.6 is 0 Å². The van der Waals surface area contributed by atoms with Gasteiger partial charge in [0.25, 0.3) is 0 Å². The fraction of sp³-hybridized carbons (Fsp3) is 0.545. The largest absolute Gasteiger partial charge is 0.508 e. The molecule has 8 atom stereocenters. The van der Waals surface area contributed by atoms with Crippen LogP contribution in [0, 0.1) is 17.8 Å². The average Bonchev–Trinajstić information content (AvgIpc) is 1.92. The summed E-state index contributed by atoms with van der Waals surface area (Å²) < 4.78 is 0. The van der Waals surface area contributed by atoms with Crippen LogP contribution in [0.25, 0.3) is 10.9 Å². The van der Waals surface area contributed by atoms with Gasteiger partial charge in [0.1, 0.15) is 54.1 Å². The van der Waals surface area contributed by atoms with E-state index in [1.807, 2.05) is 58.2 Å². The highest BCUT2D eigenvalue weighted by Gasteiger charge is 2.17. The molecule has 1 aromatic heterocycles. The van der Waals surface area contributed by atoms with Crippen LogP contribution in [-0.4, -0.2) is 185 Å². The number of phenolic OH excluding ortho intramolecular Hbond substituents is 1. The number of aliphatic carboxylic acids is 8. The van der Waals surface area contributed by atoms with Crippen molar-refractivity contribution in [3.63, 3.8) is 0 Å². The Balaban J connectivity index is -0.000000308. The lowest BCUT2D eigenvalue weighted by molar-refractivity contribution is -0.140. The lowest BCUT2D eigenvalue weighted by Gasteiger charge is -2.07. The van der Waals surface area contributed by atoms with Gasteiger partial charge >= 0.3 is 47.8 Å². The van der Waals surface area contributed by atoms with Crippen LogP contribution in [0.15, 0.2) is 69.7 Å². The summed E-state index contributed by atoms with van der Waals surface area (Å²) in [4.78, 5) is 96.0. The molecule has 90 heavy (non-hydrogen) atoms. The lowest BCUT2D eigenvalue weighted by Crippen LogP contribution is -2.34. The van der Waals surface area contributed by atoms with Gasteiger partial charge in [0, 0.05) is 43.2 Å². The third-order valence-corrected chi connectivity index (χ3v) is 11.1. The van der Waals surface area contributed by atoms with Gasteiger partial charge in [-0.1, -0.05) is 71.9 Å². The van der Waals surface area contributed by atoms with E-state index in [1.165, 1.54) is 12.1 Å². The highest BCUT2D eigenvalue weighted by atomic mass is 16.4. The van der Waals surface area contributed by atoms with Crippen molar-refractivity contribution >= 4 is 76.5 Å². The van der Waals surface area contributed by atoms with Crippen molar-refractivity contribution < 1.29 is 84.3 Å². The third-order valence-electron chi connectivity index (χ3n) is 11.1. The molecule has 0 saturated heterocycles. The number of para-hydroxylation sites is 1. The zero-order valence-corrected chi connectivity index (χ0v) is 52.0. The van der Waals surface area contributed by atoms with Crippen LogP contribution in [0.3, 0.4) is 0 Å². The monoisotopic (exact) mass is 1290 g/mol. The number of hydrogen-bond donors (Lipinski definition) is 24. The van der Waals surface area contributed by atoms with Crippen molar-refractivity contribution in [2.24, 2.45) is 113 Å². The molecule has 0 saturated carbocycles. The van der Waals surface area contributed by atoms with Gasteiger partial charge < -0.3 is 131 Å². The number of rotatable bonds is 29. The van der Waals surface area contributed by atoms with Crippen LogP contribution in [0.1, 0.15) is 104 Å². The maximum atomic E-state index is 10.6. The van der Waals surface area contributed by atoms with E-state index in [0.717, 1.165) is 22.0 Å². The number of aliphatic imine (C=N–C) groups is 3. The first-order valence-corrected chi connectivity index (χ1v) is 27.9. The Morgan fingerprint density at radius 3 is 0.989 bits per heavy atom. The fourth-order valence-corrected chi connectivity index (χ4v) is 6.03. The highest BCUT2D eigenvalue weighted by molar-refractivity contribution is 5.84. The zero-order chi connectivity index (χ0) is 71.0. The molecule has 0 aliphatic carbocycles. The first-order chi connectivity index (χ1) is 41.5. The Morgan fingerprint density at radius 2 is 0.733 bits per heavy atom. The first kappa shape index (κ1) is 89.8. The van der Waals surface area contributed by atoms with Gasteiger partial charge in [-0.3, -0.25) is 53.3 Å². The number of carbonyl (C=O) groups is 8. The molecule has 0 aliphatic heterocycles. The van der Waals surface area contributed by atoms with Gasteiger partial charge in [0.15, 0.2) is 17.9 Å². The Bertz CT molecular complexity index is 2490. The molecule has 0 spiro atoms. The van der Waals surface area contributed by atoms with Crippen LogP contribution in [0.4, 0.5) is 0 Å². The molecule has 0 fully saturated rings. The molecule has 35 heteroatoms. The number of nitrogens with two attached hydrogens (primary N) is 14. The summed E-state index contributed by atoms with van der Waals surface area (Å²) in [5.41, 5.74) is 75.1. The topological polar surface area (TPSA) is 736 Å². The lowest BCUT2D eigenvalue weighted by atomic mass is 10.1. The second-order valence-electron chi connectivity index (χ2n) is 20.8. The first-order valence-electron chi connectivity index (χ1n) is 27.9. The number of aromatic nitrogens is 1. The Morgan fingerprint density at radius 1 is 0.422 bits per heavy atom. The molecule has 8 unspecified atom stereocenters. The summed E-state index contributed by atoms with van der Waals surface area (Å²) in [7, 11) is 0. The molecule has 2 aromatic carbocycles. The van der Waals surface area contributed by atoms with E-state index >= 15 is 0 Å². The predicted molar refractivity (Wildman–Crippen MR) is 342 cm³/mol. The number of aromatic amines is 1. The van der Waals surface area contributed by atoms with Crippen LogP contribution in [-0.2, 0) is 51.2 Å². The van der Waals surface area contributed by atoms with Gasteiger partial charge in [-0.25, -0.2) is 0 Å². The molecular formula is C55H102N18O17. The molecule has 514 valence electrons. The molecule has 3 rings (SSSR count). The number of carboxylic acid groups (broad SMARTS) is 8. The number of hydrogen-bond acceptors (Lipinski definition) is 20. The molecule has 0 radical (unpaired) electrons. The van der Waals surface area contributed by atoms with Crippen LogP contribution in [0.2, 0.25) is 0 Å². The Kier molecular flexibility index (Phi) is 51.9. The molecule has 3 aromatic rings. The van der Waals surface area contributed by atoms with Crippen molar-refractivity contribution in [1.29, 1.82) is 0 Å². The van der Waals surface area contributed by atoms with Gasteiger partial charge in [0.2, 0.25) is 0 Å². The van der Waals surface area contributed by atoms with Crippen molar-refractivity contribution in [2.45, 2.75) is 154 Å². The van der Waals surface area contributed by atoms with Crippen LogP contribution < -0.4 is 80.3 Å². The number of benzene rings is 2. The summed E-state index contributed by atoms with van der Waals surface area (Å²) in [5, 5.41) is 77.2. The number of carboxylic acids is 8. The smallest absolute Gasteiger partial charge is 0.320 e. The van der Waals surface area contributed by atoms with Gasteiger partial charge in [-0.15, -0.1) is 0 Å². The number of guanidine groups is 3. The number of H-pyrrole nitrogens is 1. The normalized spacial score (nSPS) is 12.8. The Hall–Kier alpha value is -8.97. The number of nitrogens with zero attached hydrogens (tertiary/aromatic N) is 3. The van der Waals surface area contributed by atoms with E-state index in [2.05, 4.69) is 20.0 Å². The molecule has 0 amide bonds. The molecule has 0 bridgehead atoms. The number of phenols is 1. The Labute approximate surface area is 522 Å². The van der Waals surface area contributed by atoms with Gasteiger partial charge in [0.05, 0.1) is 0 Å². The number of nitrogens with one attached hydrogen (secondary N) is 1. The number of fused-ring (bicyclic) bond motifs is 1. The molecular weight excluding hydrogens is 1180 g/mol. The van der Waals surface area contributed by atoms with Crippen molar-refractivity contribution in [3.8, 4) is 5.75 Å². The third kappa shape index (κ3) is 54.4.